The van der Waals surface area contributed by atoms with Gasteiger partial charge in [-0.2, -0.15) is 0 Å². The maximum absolute atomic E-state index is 11.8. The predicted octanol–water partition coefficient (Wildman–Crippen LogP) is 2.78. The van der Waals surface area contributed by atoms with Crippen LogP contribution in [0.4, 0.5) is 0 Å². The van der Waals surface area contributed by atoms with Gasteiger partial charge in [-0.05, 0) is 36.1 Å². The molecule has 94 valence electrons. The second-order valence-corrected chi connectivity index (χ2v) is 5.21. The Labute approximate surface area is 107 Å². The number of phenols is 1. The van der Waals surface area contributed by atoms with E-state index in [-0.39, 0.29) is 17.1 Å². The van der Waals surface area contributed by atoms with Crippen LogP contribution in [-0.2, 0) is 0 Å². The maximum Gasteiger partial charge on any atom is 0.251 e. The summed E-state index contributed by atoms with van der Waals surface area (Å²) in [4.78, 5) is 11.8. The predicted molar refractivity (Wildman–Crippen MR) is 69.6 cm³/mol. The minimum atomic E-state index is -0.132. The van der Waals surface area contributed by atoms with Gasteiger partial charge in [-0.15, -0.1) is 11.6 Å². The number of hydrogen-bond acceptors (Lipinski definition) is 2. The fourth-order valence-electron chi connectivity index (χ4n) is 1.38. The van der Waals surface area contributed by atoms with Crippen molar-refractivity contribution < 1.29 is 9.90 Å². The van der Waals surface area contributed by atoms with Gasteiger partial charge in [-0.25, -0.2) is 0 Å². The Hall–Kier alpha value is -1.22. The molecule has 1 aromatic carbocycles. The van der Waals surface area contributed by atoms with Gasteiger partial charge in [0.1, 0.15) is 5.75 Å². The number of amides is 1. The molecule has 0 radical (unpaired) electrons. The smallest absolute Gasteiger partial charge is 0.251 e. The summed E-state index contributed by atoms with van der Waals surface area (Å²) in [6, 6.07) is 6.19. The van der Waals surface area contributed by atoms with Crippen LogP contribution in [0.25, 0.3) is 0 Å². The number of carbonyl (C=O) groups excluding carboxylic acids is 1. The van der Waals surface area contributed by atoms with E-state index in [1.165, 1.54) is 12.1 Å². The van der Waals surface area contributed by atoms with Crippen molar-refractivity contribution in [1.82, 2.24) is 5.32 Å². The zero-order valence-electron chi connectivity index (χ0n) is 10.2. The van der Waals surface area contributed by atoms with Gasteiger partial charge in [0.15, 0.2) is 0 Å². The molecule has 0 aliphatic heterocycles. The fourth-order valence-corrected chi connectivity index (χ4v) is 1.89. The highest BCUT2D eigenvalue weighted by Gasteiger charge is 2.18. The van der Waals surface area contributed by atoms with Crippen LogP contribution < -0.4 is 5.32 Å². The molecular weight excluding hydrogens is 238 g/mol. The molecular formula is C13H18ClNO2. The van der Waals surface area contributed by atoms with Crippen molar-refractivity contribution in [3.8, 4) is 5.75 Å². The number of carbonyl (C=O) groups is 1. The number of aromatic hydroxyl groups is 1. The lowest BCUT2D eigenvalue weighted by Crippen LogP contribution is -2.34. The molecule has 1 amide bonds. The van der Waals surface area contributed by atoms with E-state index >= 15 is 0 Å². The van der Waals surface area contributed by atoms with Crippen molar-refractivity contribution in [3.05, 3.63) is 29.8 Å². The minimum absolute atomic E-state index is 0.00563. The third-order valence-electron chi connectivity index (χ3n) is 2.63. The van der Waals surface area contributed by atoms with Crippen LogP contribution in [0.3, 0.4) is 0 Å². The molecule has 0 aromatic heterocycles. The Morgan fingerprint density at radius 3 is 2.47 bits per heavy atom. The summed E-state index contributed by atoms with van der Waals surface area (Å²) < 4.78 is 0. The summed E-state index contributed by atoms with van der Waals surface area (Å²) in [6.45, 7) is 4.71. The molecule has 0 unspecified atom stereocenters. The van der Waals surface area contributed by atoms with Gasteiger partial charge in [0.25, 0.3) is 5.91 Å². The first-order valence-electron chi connectivity index (χ1n) is 5.58. The van der Waals surface area contributed by atoms with Gasteiger partial charge in [0, 0.05) is 18.0 Å². The van der Waals surface area contributed by atoms with Crippen LogP contribution in [0.5, 0.6) is 5.75 Å². The molecule has 0 bridgehead atoms. The number of hydrogen-bond donors (Lipinski definition) is 2. The zero-order chi connectivity index (χ0) is 12.9. The molecule has 0 fully saturated rings. The first-order chi connectivity index (χ1) is 7.94. The van der Waals surface area contributed by atoms with E-state index in [0.717, 1.165) is 6.42 Å². The van der Waals surface area contributed by atoms with Crippen LogP contribution >= 0.6 is 11.6 Å². The molecule has 4 heteroatoms. The van der Waals surface area contributed by atoms with Crippen LogP contribution in [0, 0.1) is 5.41 Å². The Bertz CT molecular complexity index is 374. The van der Waals surface area contributed by atoms with Gasteiger partial charge in [-0.1, -0.05) is 13.8 Å². The second kappa shape index (κ2) is 5.92. The summed E-state index contributed by atoms with van der Waals surface area (Å²) in [7, 11) is 0. The quantitative estimate of drug-likeness (QED) is 0.795. The standard InChI is InChI=1S/C13H18ClNO2/c1-13(2,7-8-14)9-15-12(17)10-3-5-11(16)6-4-10/h3-6,16H,7-9H2,1-2H3,(H,15,17). The number of phenolic OH excluding ortho intramolecular Hbond substituents is 1. The Morgan fingerprint density at radius 2 is 1.94 bits per heavy atom. The van der Waals surface area contributed by atoms with Crippen LogP contribution in [0.1, 0.15) is 30.6 Å². The molecule has 0 saturated heterocycles. The molecule has 3 nitrogen and oxygen atoms in total. The Morgan fingerprint density at radius 1 is 1.35 bits per heavy atom. The van der Waals surface area contributed by atoms with Gasteiger partial charge in [-0.3, -0.25) is 4.79 Å². The average molecular weight is 256 g/mol. The maximum atomic E-state index is 11.8. The van der Waals surface area contributed by atoms with Gasteiger partial charge < -0.3 is 10.4 Å². The molecule has 0 atom stereocenters. The number of benzene rings is 1. The molecule has 0 aliphatic carbocycles. The normalized spacial score (nSPS) is 11.2. The summed E-state index contributed by atoms with van der Waals surface area (Å²) in [5.74, 6) is 0.610. The Balaban J connectivity index is 2.53. The third kappa shape index (κ3) is 4.65. The number of nitrogens with one attached hydrogen (secondary N) is 1. The molecule has 1 rings (SSSR count). The molecule has 0 heterocycles. The van der Waals surface area contributed by atoms with Crippen molar-refractivity contribution in [1.29, 1.82) is 0 Å². The van der Waals surface area contributed by atoms with E-state index in [1.54, 1.807) is 12.1 Å². The van der Waals surface area contributed by atoms with Gasteiger partial charge >= 0.3 is 0 Å². The second-order valence-electron chi connectivity index (χ2n) is 4.83. The molecule has 0 spiro atoms. The monoisotopic (exact) mass is 255 g/mol. The third-order valence-corrected chi connectivity index (χ3v) is 2.82. The van der Waals surface area contributed by atoms with E-state index in [1.807, 2.05) is 0 Å². The molecule has 2 N–H and O–H groups in total. The van der Waals surface area contributed by atoms with Crippen LogP contribution in [-0.4, -0.2) is 23.4 Å². The summed E-state index contributed by atoms with van der Waals surface area (Å²) >= 11 is 5.70. The highest BCUT2D eigenvalue weighted by Crippen LogP contribution is 2.19. The van der Waals surface area contributed by atoms with Crippen molar-refractivity contribution in [2.45, 2.75) is 20.3 Å². The van der Waals surface area contributed by atoms with Crippen LogP contribution in [0.2, 0.25) is 0 Å². The highest BCUT2D eigenvalue weighted by molar-refractivity contribution is 6.17. The first kappa shape index (κ1) is 13.8. The molecule has 0 saturated carbocycles. The zero-order valence-corrected chi connectivity index (χ0v) is 10.9. The molecule has 17 heavy (non-hydrogen) atoms. The van der Waals surface area contributed by atoms with E-state index < -0.39 is 0 Å². The highest BCUT2D eigenvalue weighted by atomic mass is 35.5. The lowest BCUT2D eigenvalue weighted by atomic mass is 9.90. The number of rotatable bonds is 5. The van der Waals surface area contributed by atoms with Crippen molar-refractivity contribution in [2.75, 3.05) is 12.4 Å². The molecule has 0 aliphatic rings. The van der Waals surface area contributed by atoms with Crippen molar-refractivity contribution >= 4 is 17.5 Å². The van der Waals surface area contributed by atoms with E-state index in [2.05, 4.69) is 19.2 Å². The van der Waals surface area contributed by atoms with Gasteiger partial charge in [0.2, 0.25) is 0 Å². The topological polar surface area (TPSA) is 49.3 Å². The summed E-state index contributed by atoms with van der Waals surface area (Å²) in [6.07, 6.45) is 0.852. The number of halogens is 1. The SMILES string of the molecule is CC(C)(CCCl)CNC(=O)c1ccc(O)cc1. The largest absolute Gasteiger partial charge is 0.508 e. The van der Waals surface area contributed by atoms with E-state index in [4.69, 9.17) is 16.7 Å². The average Bonchev–Trinajstić information content (AvgIpc) is 2.27. The summed E-state index contributed by atoms with van der Waals surface area (Å²) in [5.41, 5.74) is 0.540. The van der Waals surface area contributed by atoms with Crippen molar-refractivity contribution in [3.63, 3.8) is 0 Å². The van der Waals surface area contributed by atoms with Crippen molar-refractivity contribution in [2.24, 2.45) is 5.41 Å². The number of alkyl halides is 1. The fraction of sp³-hybridized carbons (Fsp3) is 0.462. The Kier molecular flexibility index (Phi) is 4.82. The minimum Gasteiger partial charge on any atom is -0.508 e. The summed E-state index contributed by atoms with van der Waals surface area (Å²) in [5, 5.41) is 12.0. The lowest BCUT2D eigenvalue weighted by molar-refractivity contribution is 0.0936. The lowest BCUT2D eigenvalue weighted by Gasteiger charge is -2.23. The van der Waals surface area contributed by atoms with E-state index in [9.17, 15) is 4.79 Å². The van der Waals surface area contributed by atoms with E-state index in [0.29, 0.717) is 18.0 Å². The first-order valence-corrected chi connectivity index (χ1v) is 6.11. The molecule has 1 aromatic rings. The van der Waals surface area contributed by atoms with Gasteiger partial charge in [0.05, 0.1) is 0 Å². The van der Waals surface area contributed by atoms with Crippen LogP contribution in [0.15, 0.2) is 24.3 Å².